The summed E-state index contributed by atoms with van der Waals surface area (Å²) in [5.41, 5.74) is 0.348. The molecule has 1 aromatic carbocycles. The van der Waals surface area contributed by atoms with Crippen LogP contribution < -0.4 is 5.32 Å². The van der Waals surface area contributed by atoms with Crippen molar-refractivity contribution in [3.05, 3.63) is 58.5 Å². The standard InChI is InChI=1S/C15H11Cl2NO4/c16-11-4-1-5-12(15(11)17)18-13(19)9-22-14(20)7-6-10-3-2-8-21-10/h1-8H,9H2,(H,18,19)/b7-6+. The Labute approximate surface area is 136 Å². The van der Waals surface area contributed by atoms with E-state index in [-0.39, 0.29) is 5.02 Å². The molecule has 5 nitrogen and oxygen atoms in total. The number of nitrogens with one attached hydrogen (secondary N) is 1. The van der Waals surface area contributed by atoms with E-state index in [1.807, 2.05) is 0 Å². The van der Waals surface area contributed by atoms with E-state index in [0.29, 0.717) is 16.5 Å². The highest BCUT2D eigenvalue weighted by molar-refractivity contribution is 6.44. The minimum Gasteiger partial charge on any atom is -0.465 e. The first-order valence-corrected chi connectivity index (χ1v) is 6.94. The van der Waals surface area contributed by atoms with Gasteiger partial charge >= 0.3 is 5.97 Å². The minimum atomic E-state index is -0.663. The van der Waals surface area contributed by atoms with E-state index in [9.17, 15) is 9.59 Å². The first kappa shape index (κ1) is 16.1. The lowest BCUT2D eigenvalue weighted by atomic mass is 10.3. The highest BCUT2D eigenvalue weighted by Crippen LogP contribution is 2.29. The molecule has 0 saturated carbocycles. The molecule has 0 atom stereocenters. The van der Waals surface area contributed by atoms with Crippen molar-refractivity contribution in [2.24, 2.45) is 0 Å². The number of hydrogen-bond donors (Lipinski definition) is 1. The smallest absolute Gasteiger partial charge is 0.331 e. The molecule has 1 heterocycles. The molecule has 2 aromatic rings. The molecule has 0 fully saturated rings. The highest BCUT2D eigenvalue weighted by Gasteiger charge is 2.09. The highest BCUT2D eigenvalue weighted by atomic mass is 35.5. The number of ether oxygens (including phenoxy) is 1. The maximum absolute atomic E-state index is 11.7. The second kappa shape index (κ2) is 7.68. The average molecular weight is 340 g/mol. The van der Waals surface area contributed by atoms with Crippen molar-refractivity contribution < 1.29 is 18.7 Å². The lowest BCUT2D eigenvalue weighted by molar-refractivity contribution is -0.142. The van der Waals surface area contributed by atoms with Gasteiger partial charge in [0.1, 0.15) is 5.76 Å². The van der Waals surface area contributed by atoms with Gasteiger partial charge < -0.3 is 14.5 Å². The third-order valence-electron chi connectivity index (χ3n) is 2.50. The molecule has 7 heteroatoms. The number of carbonyl (C=O) groups excluding carboxylic acids is 2. The minimum absolute atomic E-state index is 0.224. The maximum atomic E-state index is 11.7. The van der Waals surface area contributed by atoms with Crippen LogP contribution in [-0.4, -0.2) is 18.5 Å². The van der Waals surface area contributed by atoms with Gasteiger partial charge in [-0.3, -0.25) is 4.79 Å². The molecule has 1 aromatic heterocycles. The van der Waals surface area contributed by atoms with Crippen molar-refractivity contribution >= 4 is 46.8 Å². The van der Waals surface area contributed by atoms with Crippen LogP contribution in [0.25, 0.3) is 6.08 Å². The normalized spacial score (nSPS) is 10.6. The Hall–Kier alpha value is -2.24. The summed E-state index contributed by atoms with van der Waals surface area (Å²) in [5.74, 6) is -0.681. The third-order valence-corrected chi connectivity index (χ3v) is 3.32. The van der Waals surface area contributed by atoms with E-state index < -0.39 is 18.5 Å². The van der Waals surface area contributed by atoms with Crippen LogP contribution in [0.2, 0.25) is 10.0 Å². The molecule has 2 rings (SSSR count). The summed E-state index contributed by atoms with van der Waals surface area (Å²) in [6, 6.07) is 8.19. The Balaban J connectivity index is 1.82. The summed E-state index contributed by atoms with van der Waals surface area (Å²) in [4.78, 5) is 23.1. The third kappa shape index (κ3) is 4.65. The second-order valence-electron chi connectivity index (χ2n) is 4.11. The first-order chi connectivity index (χ1) is 10.6. The van der Waals surface area contributed by atoms with Crippen LogP contribution in [-0.2, 0) is 14.3 Å². The largest absolute Gasteiger partial charge is 0.465 e. The van der Waals surface area contributed by atoms with Crippen LogP contribution in [0.15, 0.2) is 47.1 Å². The van der Waals surface area contributed by atoms with Gasteiger partial charge in [0.05, 0.1) is 22.0 Å². The van der Waals surface area contributed by atoms with Gasteiger partial charge in [-0.1, -0.05) is 29.3 Å². The van der Waals surface area contributed by atoms with Crippen LogP contribution in [0, 0.1) is 0 Å². The van der Waals surface area contributed by atoms with E-state index in [1.165, 1.54) is 18.4 Å². The van der Waals surface area contributed by atoms with Gasteiger partial charge in [-0.25, -0.2) is 4.79 Å². The van der Waals surface area contributed by atoms with Crippen LogP contribution in [0.5, 0.6) is 0 Å². The van der Waals surface area contributed by atoms with Crippen molar-refractivity contribution in [3.63, 3.8) is 0 Å². The van der Waals surface area contributed by atoms with E-state index in [2.05, 4.69) is 5.32 Å². The maximum Gasteiger partial charge on any atom is 0.331 e. The number of furan rings is 1. The number of halogens is 2. The summed E-state index contributed by atoms with van der Waals surface area (Å²) in [7, 11) is 0. The number of benzene rings is 1. The molecule has 0 unspecified atom stereocenters. The molecular formula is C15H11Cl2NO4. The molecule has 0 aliphatic heterocycles. The number of carbonyl (C=O) groups is 2. The van der Waals surface area contributed by atoms with Crippen molar-refractivity contribution in [3.8, 4) is 0 Å². The molecule has 0 aliphatic carbocycles. The Morgan fingerprint density at radius 1 is 1.23 bits per heavy atom. The lowest BCUT2D eigenvalue weighted by Gasteiger charge is -2.07. The summed E-state index contributed by atoms with van der Waals surface area (Å²) in [6.07, 6.45) is 4.08. The van der Waals surface area contributed by atoms with E-state index in [4.69, 9.17) is 32.4 Å². The molecule has 114 valence electrons. The Bertz CT molecular complexity index is 696. The molecule has 0 saturated heterocycles. The van der Waals surface area contributed by atoms with Crippen molar-refractivity contribution in [2.45, 2.75) is 0 Å². The predicted molar refractivity (Wildman–Crippen MR) is 83.8 cm³/mol. The number of amides is 1. The molecule has 1 N–H and O–H groups in total. The zero-order valence-corrected chi connectivity index (χ0v) is 12.7. The monoisotopic (exact) mass is 339 g/mol. The number of rotatable bonds is 5. The summed E-state index contributed by atoms with van der Waals surface area (Å²) >= 11 is 11.8. The molecule has 1 amide bonds. The van der Waals surface area contributed by atoms with Gasteiger partial charge in [-0.15, -0.1) is 0 Å². The zero-order valence-electron chi connectivity index (χ0n) is 11.2. The first-order valence-electron chi connectivity index (χ1n) is 6.18. The molecule has 22 heavy (non-hydrogen) atoms. The molecule has 0 bridgehead atoms. The Morgan fingerprint density at radius 2 is 2.05 bits per heavy atom. The molecule has 0 aliphatic rings. The lowest BCUT2D eigenvalue weighted by Crippen LogP contribution is -2.20. The van der Waals surface area contributed by atoms with Crippen LogP contribution in [0.3, 0.4) is 0 Å². The van der Waals surface area contributed by atoms with E-state index >= 15 is 0 Å². The van der Waals surface area contributed by atoms with Gasteiger partial charge in [0.15, 0.2) is 6.61 Å². The average Bonchev–Trinajstić information content (AvgIpc) is 3.01. The van der Waals surface area contributed by atoms with Crippen molar-refractivity contribution in [1.82, 2.24) is 0 Å². The molecule has 0 spiro atoms. The van der Waals surface area contributed by atoms with E-state index in [1.54, 1.807) is 30.3 Å². The molecule has 0 radical (unpaired) electrons. The van der Waals surface area contributed by atoms with Gasteiger partial charge in [-0.2, -0.15) is 0 Å². The van der Waals surface area contributed by atoms with Gasteiger partial charge in [-0.05, 0) is 30.3 Å². The zero-order chi connectivity index (χ0) is 15.9. The predicted octanol–water partition coefficient (Wildman–Crippen LogP) is 3.78. The van der Waals surface area contributed by atoms with Gasteiger partial charge in [0, 0.05) is 6.08 Å². The number of anilines is 1. The summed E-state index contributed by atoms with van der Waals surface area (Å²) < 4.78 is 9.80. The fraction of sp³-hybridized carbons (Fsp3) is 0.0667. The number of hydrogen-bond acceptors (Lipinski definition) is 4. The second-order valence-corrected chi connectivity index (χ2v) is 4.89. The topological polar surface area (TPSA) is 68.5 Å². The Kier molecular flexibility index (Phi) is 5.63. The fourth-order valence-corrected chi connectivity index (χ4v) is 1.86. The summed E-state index contributed by atoms with van der Waals surface area (Å²) in [5, 5.41) is 3.04. The van der Waals surface area contributed by atoms with Crippen molar-refractivity contribution in [1.29, 1.82) is 0 Å². The quantitative estimate of drug-likeness (QED) is 0.664. The molecular weight excluding hydrogens is 329 g/mol. The Morgan fingerprint density at radius 3 is 2.77 bits per heavy atom. The fourth-order valence-electron chi connectivity index (χ4n) is 1.51. The van der Waals surface area contributed by atoms with Crippen LogP contribution in [0.4, 0.5) is 5.69 Å². The van der Waals surface area contributed by atoms with Crippen LogP contribution in [0.1, 0.15) is 5.76 Å². The van der Waals surface area contributed by atoms with Gasteiger partial charge in [0.25, 0.3) is 5.91 Å². The van der Waals surface area contributed by atoms with Crippen molar-refractivity contribution in [2.75, 3.05) is 11.9 Å². The van der Waals surface area contributed by atoms with Gasteiger partial charge in [0.2, 0.25) is 0 Å². The number of esters is 1. The van der Waals surface area contributed by atoms with Crippen LogP contribution >= 0.6 is 23.2 Å². The van der Waals surface area contributed by atoms with E-state index in [0.717, 1.165) is 0 Å². The summed E-state index contributed by atoms with van der Waals surface area (Å²) in [6.45, 7) is -0.440. The SMILES string of the molecule is O=C(COC(=O)/C=C/c1ccco1)Nc1cccc(Cl)c1Cl.